The van der Waals surface area contributed by atoms with Crippen LogP contribution in [0.15, 0.2) is 96.1 Å². The minimum Gasteiger partial charge on any atom is -0.390 e. The fraction of sp³-hybridized carbons (Fsp3) is 0.449. The van der Waals surface area contributed by atoms with Gasteiger partial charge in [0.1, 0.15) is 0 Å². The summed E-state index contributed by atoms with van der Waals surface area (Å²) in [5, 5.41) is 26.6. The molecular weight excluding hydrogens is 767 g/mol. The molecule has 1 fully saturated rings. The summed E-state index contributed by atoms with van der Waals surface area (Å²) in [7, 11) is 0. The topological polar surface area (TPSA) is 151 Å². The molecule has 1 saturated heterocycles. The summed E-state index contributed by atoms with van der Waals surface area (Å²) in [4.78, 5) is 51.8. The predicted octanol–water partition coefficient (Wildman–Crippen LogP) is 5.01. The molecule has 1 aromatic heterocycles. The van der Waals surface area contributed by atoms with Crippen LogP contribution in [0, 0.1) is 5.92 Å². The van der Waals surface area contributed by atoms with Crippen LogP contribution in [-0.2, 0) is 48.5 Å². The first kappa shape index (κ1) is 43.8. The van der Waals surface area contributed by atoms with Crippen molar-refractivity contribution >= 4 is 29.1 Å². The lowest BCUT2D eigenvalue weighted by Gasteiger charge is -2.31. The largest absolute Gasteiger partial charge is 0.390 e. The smallest absolute Gasteiger partial charge is 0.251 e. The molecule has 3 aromatic carbocycles. The van der Waals surface area contributed by atoms with E-state index < -0.39 is 12.2 Å². The number of para-hydroxylation sites is 1. The molecule has 4 aliphatic heterocycles. The third-order valence-electron chi connectivity index (χ3n) is 12.3. The highest BCUT2D eigenvalue weighted by Gasteiger charge is 2.24. The molecule has 0 radical (unpaired) electrons. The highest BCUT2D eigenvalue weighted by Crippen LogP contribution is 2.27. The Kier molecular flexibility index (Phi) is 15.4. The second-order valence-electron chi connectivity index (χ2n) is 17.0. The predicted molar refractivity (Wildman–Crippen MR) is 237 cm³/mol. The maximum Gasteiger partial charge on any atom is 0.251 e. The van der Waals surface area contributed by atoms with Gasteiger partial charge in [0.05, 0.1) is 17.9 Å². The molecule has 12 nitrogen and oxygen atoms in total. The van der Waals surface area contributed by atoms with Gasteiger partial charge in [0.15, 0.2) is 0 Å². The maximum atomic E-state index is 12.7. The Balaban J connectivity index is 0.000000189. The summed E-state index contributed by atoms with van der Waals surface area (Å²) < 4.78 is 0. The average Bonchev–Trinajstić information content (AvgIpc) is 3.82. The highest BCUT2D eigenvalue weighted by molar-refractivity contribution is 5.96. The fourth-order valence-electron chi connectivity index (χ4n) is 8.90. The number of nitrogens with zero attached hydrogens (tertiary/aromatic N) is 5. The second kappa shape index (κ2) is 21.5. The number of aryl methyl sites for hydroxylation is 1. The molecule has 61 heavy (non-hydrogen) atoms. The number of aliphatic hydroxyl groups excluding tert-OH is 2. The van der Waals surface area contributed by atoms with Crippen LogP contribution in [0.2, 0.25) is 0 Å². The Bertz CT molecular complexity index is 2130. The molecule has 3 amide bonds. The van der Waals surface area contributed by atoms with Gasteiger partial charge in [-0.1, -0.05) is 66.7 Å². The fourth-order valence-corrected chi connectivity index (χ4v) is 8.90. The number of amides is 3. The zero-order chi connectivity index (χ0) is 42.6. The monoisotopic (exact) mass is 827 g/mol. The van der Waals surface area contributed by atoms with Gasteiger partial charge in [0, 0.05) is 102 Å². The Hall–Kier alpha value is -5.27. The average molecular weight is 828 g/mol. The number of hydrogen-bond donors (Lipinski definition) is 4. The highest BCUT2D eigenvalue weighted by atomic mass is 16.3. The van der Waals surface area contributed by atoms with Crippen LogP contribution in [0.4, 0.5) is 5.69 Å². The molecule has 4 aromatic rings. The Labute approximate surface area is 360 Å². The first-order chi connectivity index (χ1) is 29.6. The van der Waals surface area contributed by atoms with E-state index in [0.717, 1.165) is 94.9 Å². The first-order valence-corrected chi connectivity index (χ1v) is 22.0. The lowest BCUT2D eigenvalue weighted by molar-refractivity contribution is -0.130. The molecule has 1 unspecified atom stereocenters. The molecular formula is C49H61N7O5. The minimum atomic E-state index is -0.623. The number of β-amino-alcohol motifs (C(OH)–C–C–N with tert-alkyl or cyclic N) is 2. The Morgan fingerprint density at radius 1 is 0.754 bits per heavy atom. The van der Waals surface area contributed by atoms with Crippen molar-refractivity contribution in [3.05, 3.63) is 130 Å². The molecule has 8 rings (SSSR count). The van der Waals surface area contributed by atoms with Gasteiger partial charge >= 0.3 is 0 Å². The van der Waals surface area contributed by atoms with Gasteiger partial charge in [-0.3, -0.25) is 34.2 Å². The molecule has 0 aliphatic carbocycles. The van der Waals surface area contributed by atoms with Crippen molar-refractivity contribution in [1.29, 1.82) is 0 Å². The van der Waals surface area contributed by atoms with E-state index in [9.17, 15) is 24.6 Å². The summed E-state index contributed by atoms with van der Waals surface area (Å²) in [5.41, 5.74) is 10.2. The van der Waals surface area contributed by atoms with Crippen molar-refractivity contribution in [3.63, 3.8) is 0 Å². The van der Waals surface area contributed by atoms with E-state index in [4.69, 9.17) is 0 Å². The third kappa shape index (κ3) is 12.9. The van der Waals surface area contributed by atoms with Crippen LogP contribution >= 0.6 is 0 Å². The Morgan fingerprint density at radius 2 is 1.36 bits per heavy atom. The first-order valence-electron chi connectivity index (χ1n) is 22.0. The molecule has 4 N–H and O–H groups in total. The summed E-state index contributed by atoms with van der Waals surface area (Å²) in [5.74, 6) is 0.396. The van der Waals surface area contributed by atoms with E-state index >= 15 is 0 Å². The normalized spacial score (nSPS) is 17.4. The van der Waals surface area contributed by atoms with Crippen molar-refractivity contribution in [3.8, 4) is 0 Å². The summed E-state index contributed by atoms with van der Waals surface area (Å²) in [6.07, 6.45) is 7.29. The van der Waals surface area contributed by atoms with Crippen LogP contribution in [0.5, 0.6) is 0 Å². The molecule has 0 spiro atoms. The SMILES string of the molecule is CC(=O)N1CCC(Cc2cc(C(=O)NC[C@H](O)CN3CCCc4ccccc4C3)ccn2)CC1.O=C(CCC1=Nc2ccccc2C1)NCC(O)CN1Cc2ccccc2C1. The van der Waals surface area contributed by atoms with Crippen molar-refractivity contribution in [2.45, 2.75) is 90.1 Å². The van der Waals surface area contributed by atoms with E-state index in [0.29, 0.717) is 44.0 Å². The zero-order valence-electron chi connectivity index (χ0n) is 35.5. The quantitative estimate of drug-likeness (QED) is 0.139. The van der Waals surface area contributed by atoms with E-state index in [1.165, 1.54) is 27.8 Å². The number of fused-ring (bicyclic) bond motifs is 3. The molecule has 5 heterocycles. The third-order valence-corrected chi connectivity index (χ3v) is 12.3. The van der Waals surface area contributed by atoms with Crippen molar-refractivity contribution in [2.75, 3.05) is 45.8 Å². The lowest BCUT2D eigenvalue weighted by Crippen LogP contribution is -2.40. The van der Waals surface area contributed by atoms with E-state index in [1.54, 1.807) is 19.2 Å². The standard InChI is InChI=1S/C27H36N4O3.C22H25N3O2/c1-20(32)31-13-9-21(10-14-31)15-25-16-23(8-11-28-25)27(34)29-17-26(33)19-30-12-4-7-22-5-2-3-6-24(22)18-30;26-20(15-25-13-17-6-1-2-7-18(17)14-25)12-23-22(27)10-9-19-11-16-5-3-4-8-21(16)24-19/h2-3,5-6,8,11,16,21,26,33H,4,7,9-10,12-15,17-19H2,1H3,(H,29,34);1-8,20,26H,9-15H2,(H,23,27)/t26-;/m0./s1. The van der Waals surface area contributed by atoms with Gasteiger partial charge in [0.2, 0.25) is 11.8 Å². The van der Waals surface area contributed by atoms with E-state index in [1.807, 2.05) is 41.3 Å². The second-order valence-corrected chi connectivity index (χ2v) is 17.0. The summed E-state index contributed by atoms with van der Waals surface area (Å²) in [6, 6.07) is 28.5. The van der Waals surface area contributed by atoms with Gasteiger partial charge in [-0.25, -0.2) is 0 Å². The van der Waals surface area contributed by atoms with Gasteiger partial charge in [-0.2, -0.15) is 0 Å². The van der Waals surface area contributed by atoms with Crippen LogP contribution in [-0.4, -0.2) is 111 Å². The number of hydrogen-bond acceptors (Lipinski definition) is 9. The van der Waals surface area contributed by atoms with Crippen LogP contribution < -0.4 is 10.6 Å². The number of pyridine rings is 1. The van der Waals surface area contributed by atoms with Crippen molar-refractivity contribution in [2.24, 2.45) is 10.9 Å². The van der Waals surface area contributed by atoms with Gasteiger partial charge in [-0.05, 0) is 97.0 Å². The van der Waals surface area contributed by atoms with Crippen molar-refractivity contribution in [1.82, 2.24) is 30.3 Å². The number of carbonyl (C=O) groups is 3. The number of benzene rings is 3. The summed E-state index contributed by atoms with van der Waals surface area (Å²) in [6.45, 7) is 8.32. The lowest BCUT2D eigenvalue weighted by atomic mass is 9.91. The van der Waals surface area contributed by atoms with E-state index in [-0.39, 0.29) is 24.3 Å². The van der Waals surface area contributed by atoms with Gasteiger partial charge < -0.3 is 25.7 Å². The summed E-state index contributed by atoms with van der Waals surface area (Å²) >= 11 is 0. The number of rotatable bonds is 14. The van der Waals surface area contributed by atoms with Crippen LogP contribution in [0.1, 0.15) is 82.9 Å². The molecule has 0 bridgehead atoms. The van der Waals surface area contributed by atoms with E-state index in [2.05, 4.69) is 72.9 Å². The Morgan fingerprint density at radius 3 is 2.05 bits per heavy atom. The van der Waals surface area contributed by atoms with Crippen LogP contribution in [0.25, 0.3) is 0 Å². The molecule has 2 atom stereocenters. The van der Waals surface area contributed by atoms with Gasteiger partial charge in [-0.15, -0.1) is 0 Å². The molecule has 0 saturated carbocycles. The zero-order valence-corrected chi connectivity index (χ0v) is 35.5. The molecule has 12 heteroatoms. The number of aliphatic hydroxyl groups is 2. The molecule has 4 aliphatic rings. The number of piperidine rings is 1. The van der Waals surface area contributed by atoms with Gasteiger partial charge in [0.25, 0.3) is 5.91 Å². The molecule has 322 valence electrons. The minimum absolute atomic E-state index is 0.0302. The number of nitrogens with one attached hydrogen (secondary N) is 2. The number of carbonyl (C=O) groups excluding carboxylic acids is 3. The van der Waals surface area contributed by atoms with Crippen molar-refractivity contribution < 1.29 is 24.6 Å². The number of likely N-dealkylation sites (tertiary alicyclic amines) is 1. The number of aliphatic imine (C=N–C) groups is 1. The van der Waals surface area contributed by atoms with Crippen LogP contribution in [0.3, 0.4) is 0 Å². The number of aromatic nitrogens is 1. The maximum absolute atomic E-state index is 12.7.